The van der Waals surface area contributed by atoms with Gasteiger partial charge in [-0.15, -0.1) is 0 Å². The smallest absolute Gasteiger partial charge is 0.308 e. The number of piperidine rings is 1. The predicted octanol–water partition coefficient (Wildman–Crippen LogP) is 2.24. The highest BCUT2D eigenvalue weighted by Gasteiger charge is 2.32. The van der Waals surface area contributed by atoms with Gasteiger partial charge in [-0.2, -0.15) is 11.3 Å². The van der Waals surface area contributed by atoms with Crippen molar-refractivity contribution >= 4 is 23.2 Å². The second kappa shape index (κ2) is 5.10. The number of nitrogens with zero attached hydrogens (tertiary/aromatic N) is 1. The van der Waals surface area contributed by atoms with Gasteiger partial charge in [0.1, 0.15) is 0 Å². The summed E-state index contributed by atoms with van der Waals surface area (Å²) in [7, 11) is 0. The average molecular weight is 267 g/mol. The number of hydrogen-bond acceptors (Lipinski definition) is 3. The molecule has 1 saturated heterocycles. The topological polar surface area (TPSA) is 57.6 Å². The van der Waals surface area contributed by atoms with Gasteiger partial charge in [0.05, 0.1) is 11.5 Å². The summed E-state index contributed by atoms with van der Waals surface area (Å²) in [4.78, 5) is 25.1. The Balaban J connectivity index is 2.15. The molecule has 98 valence electrons. The van der Waals surface area contributed by atoms with Gasteiger partial charge < -0.3 is 10.0 Å². The van der Waals surface area contributed by atoms with Crippen LogP contribution in [-0.4, -0.2) is 35.0 Å². The van der Waals surface area contributed by atoms with E-state index in [9.17, 15) is 9.59 Å². The Bertz CT molecular complexity index is 469. The summed E-state index contributed by atoms with van der Waals surface area (Å²) in [6.45, 7) is 4.88. The minimum absolute atomic E-state index is 0.0356. The van der Waals surface area contributed by atoms with Crippen LogP contribution in [0.5, 0.6) is 0 Å². The third-order valence-corrected chi connectivity index (χ3v) is 4.24. The van der Waals surface area contributed by atoms with E-state index in [1.54, 1.807) is 4.90 Å². The number of carbonyl (C=O) groups is 2. The molecular weight excluding hydrogens is 250 g/mol. The van der Waals surface area contributed by atoms with E-state index in [1.807, 2.05) is 24.6 Å². The number of aryl methyl sites for hydroxylation is 1. The highest BCUT2D eigenvalue weighted by molar-refractivity contribution is 7.08. The molecule has 18 heavy (non-hydrogen) atoms. The average Bonchev–Trinajstić information content (AvgIpc) is 2.73. The van der Waals surface area contributed by atoms with E-state index in [2.05, 4.69) is 0 Å². The van der Waals surface area contributed by atoms with Crippen molar-refractivity contribution in [2.24, 2.45) is 11.8 Å². The Kier molecular flexibility index (Phi) is 3.71. The standard InChI is InChI=1S/C13H17NO3S/c1-8-3-10(13(16)17)5-14(4-8)12(15)11-7-18-6-9(11)2/h6-8,10H,3-5H2,1-2H3,(H,16,17). The van der Waals surface area contributed by atoms with Crippen molar-refractivity contribution in [3.05, 3.63) is 21.9 Å². The molecule has 2 atom stereocenters. The second-order valence-corrected chi connectivity index (χ2v) is 5.80. The van der Waals surface area contributed by atoms with Crippen molar-refractivity contribution in [3.63, 3.8) is 0 Å². The second-order valence-electron chi connectivity index (χ2n) is 5.05. The zero-order chi connectivity index (χ0) is 13.3. The van der Waals surface area contributed by atoms with Crippen molar-refractivity contribution in [1.29, 1.82) is 0 Å². The molecule has 0 spiro atoms. The van der Waals surface area contributed by atoms with Gasteiger partial charge in [-0.25, -0.2) is 0 Å². The van der Waals surface area contributed by atoms with Crippen LogP contribution in [0.15, 0.2) is 10.8 Å². The van der Waals surface area contributed by atoms with Crippen LogP contribution >= 0.6 is 11.3 Å². The number of carbonyl (C=O) groups excluding carboxylic acids is 1. The molecule has 0 aliphatic carbocycles. The summed E-state index contributed by atoms with van der Waals surface area (Å²) < 4.78 is 0. The Morgan fingerprint density at radius 2 is 2.11 bits per heavy atom. The van der Waals surface area contributed by atoms with Crippen LogP contribution in [0.3, 0.4) is 0 Å². The third-order valence-electron chi connectivity index (χ3n) is 3.38. The number of rotatable bonds is 2. The first kappa shape index (κ1) is 13.1. The summed E-state index contributed by atoms with van der Waals surface area (Å²) in [6, 6.07) is 0. The number of hydrogen-bond donors (Lipinski definition) is 1. The van der Waals surface area contributed by atoms with Gasteiger partial charge in [-0.1, -0.05) is 6.92 Å². The Morgan fingerprint density at radius 1 is 1.39 bits per heavy atom. The van der Waals surface area contributed by atoms with Crippen LogP contribution in [0, 0.1) is 18.8 Å². The largest absolute Gasteiger partial charge is 0.481 e. The molecule has 1 amide bonds. The first-order valence-corrected chi connectivity index (χ1v) is 6.98. The van der Waals surface area contributed by atoms with Crippen molar-refractivity contribution < 1.29 is 14.7 Å². The van der Waals surface area contributed by atoms with E-state index in [4.69, 9.17) is 5.11 Å². The van der Waals surface area contributed by atoms with E-state index in [0.717, 1.165) is 5.56 Å². The van der Waals surface area contributed by atoms with Gasteiger partial charge in [0.15, 0.2) is 0 Å². The number of amides is 1. The summed E-state index contributed by atoms with van der Waals surface area (Å²) in [5.41, 5.74) is 1.67. The molecular formula is C13H17NO3S. The maximum absolute atomic E-state index is 12.3. The minimum Gasteiger partial charge on any atom is -0.481 e. The molecule has 5 heteroatoms. The van der Waals surface area contributed by atoms with Gasteiger partial charge in [-0.3, -0.25) is 9.59 Å². The lowest BCUT2D eigenvalue weighted by Crippen LogP contribution is -2.45. The van der Waals surface area contributed by atoms with Gasteiger partial charge in [0, 0.05) is 18.5 Å². The Labute approximate surface area is 110 Å². The monoisotopic (exact) mass is 267 g/mol. The molecule has 2 heterocycles. The Hall–Kier alpha value is -1.36. The first-order valence-electron chi connectivity index (χ1n) is 6.04. The van der Waals surface area contributed by atoms with E-state index in [-0.39, 0.29) is 11.8 Å². The van der Waals surface area contributed by atoms with Crippen molar-refractivity contribution in [2.45, 2.75) is 20.3 Å². The van der Waals surface area contributed by atoms with Gasteiger partial charge >= 0.3 is 5.97 Å². The lowest BCUT2D eigenvalue weighted by atomic mass is 9.90. The molecule has 2 unspecified atom stereocenters. The molecule has 1 aliphatic heterocycles. The quantitative estimate of drug-likeness (QED) is 0.894. The molecule has 2 rings (SSSR count). The fourth-order valence-electron chi connectivity index (χ4n) is 2.45. The zero-order valence-corrected chi connectivity index (χ0v) is 11.4. The summed E-state index contributed by atoms with van der Waals surface area (Å²) in [5, 5.41) is 12.9. The molecule has 1 N–H and O–H groups in total. The maximum atomic E-state index is 12.3. The SMILES string of the molecule is Cc1cscc1C(=O)N1CC(C)CC(C(=O)O)C1. The van der Waals surface area contributed by atoms with Crippen LogP contribution in [-0.2, 0) is 4.79 Å². The van der Waals surface area contributed by atoms with Gasteiger partial charge in [0.25, 0.3) is 5.91 Å². The van der Waals surface area contributed by atoms with Crippen LogP contribution < -0.4 is 0 Å². The summed E-state index contributed by atoms with van der Waals surface area (Å²) >= 11 is 1.50. The number of aliphatic carboxylic acids is 1. The molecule has 0 bridgehead atoms. The molecule has 4 nitrogen and oxygen atoms in total. The lowest BCUT2D eigenvalue weighted by Gasteiger charge is -2.34. The molecule has 1 aromatic heterocycles. The van der Waals surface area contributed by atoms with Crippen molar-refractivity contribution in [1.82, 2.24) is 4.90 Å². The third kappa shape index (κ3) is 2.56. The molecule has 1 aromatic rings. The maximum Gasteiger partial charge on any atom is 0.308 e. The van der Waals surface area contributed by atoms with E-state index >= 15 is 0 Å². The van der Waals surface area contributed by atoms with Crippen LogP contribution in [0.1, 0.15) is 29.3 Å². The minimum atomic E-state index is -0.804. The van der Waals surface area contributed by atoms with Crippen molar-refractivity contribution in [3.8, 4) is 0 Å². The predicted molar refractivity (Wildman–Crippen MR) is 69.9 cm³/mol. The van der Waals surface area contributed by atoms with Crippen LogP contribution in [0.2, 0.25) is 0 Å². The van der Waals surface area contributed by atoms with Crippen LogP contribution in [0.25, 0.3) is 0 Å². The summed E-state index contributed by atoms with van der Waals surface area (Å²) in [6.07, 6.45) is 0.654. The molecule has 1 fully saturated rings. The lowest BCUT2D eigenvalue weighted by molar-refractivity contribution is -0.143. The van der Waals surface area contributed by atoms with Gasteiger partial charge in [0.2, 0.25) is 0 Å². The summed E-state index contributed by atoms with van der Waals surface area (Å²) in [5.74, 6) is -1.03. The van der Waals surface area contributed by atoms with Gasteiger partial charge in [-0.05, 0) is 30.2 Å². The highest BCUT2D eigenvalue weighted by Crippen LogP contribution is 2.25. The zero-order valence-electron chi connectivity index (χ0n) is 10.5. The highest BCUT2D eigenvalue weighted by atomic mass is 32.1. The fraction of sp³-hybridized carbons (Fsp3) is 0.538. The Morgan fingerprint density at radius 3 is 2.67 bits per heavy atom. The number of thiophene rings is 1. The van der Waals surface area contributed by atoms with E-state index in [0.29, 0.717) is 25.1 Å². The molecule has 0 radical (unpaired) electrons. The number of likely N-dealkylation sites (tertiary alicyclic amines) is 1. The normalized spacial score (nSPS) is 24.0. The molecule has 1 aliphatic rings. The van der Waals surface area contributed by atoms with Crippen molar-refractivity contribution in [2.75, 3.05) is 13.1 Å². The fourth-order valence-corrected chi connectivity index (χ4v) is 3.27. The van der Waals surface area contributed by atoms with E-state index in [1.165, 1.54) is 11.3 Å². The van der Waals surface area contributed by atoms with E-state index < -0.39 is 11.9 Å². The number of carboxylic acid groups (broad SMARTS) is 1. The first-order chi connectivity index (χ1) is 8.49. The molecule has 0 saturated carbocycles. The van der Waals surface area contributed by atoms with Crippen LogP contribution in [0.4, 0.5) is 0 Å². The number of carboxylic acids is 1. The molecule has 0 aromatic carbocycles.